The van der Waals surface area contributed by atoms with Crippen molar-refractivity contribution >= 4 is 23.1 Å². The number of aromatic nitrogens is 5. The Bertz CT molecular complexity index is 1410. The van der Waals surface area contributed by atoms with Gasteiger partial charge >= 0.3 is 0 Å². The average Bonchev–Trinajstić information content (AvgIpc) is 3.37. The number of hydrogen-bond donors (Lipinski definition) is 3. The minimum atomic E-state index is -0.386. The van der Waals surface area contributed by atoms with Gasteiger partial charge in [0.2, 0.25) is 0 Å². The van der Waals surface area contributed by atoms with Crippen molar-refractivity contribution in [3.05, 3.63) is 60.0 Å². The molecule has 0 saturated carbocycles. The summed E-state index contributed by atoms with van der Waals surface area (Å²) in [4.78, 5) is 16.9. The highest BCUT2D eigenvalue weighted by atomic mass is 16.5. The zero-order valence-electron chi connectivity index (χ0n) is 21.2. The van der Waals surface area contributed by atoms with Gasteiger partial charge in [0.1, 0.15) is 6.33 Å². The summed E-state index contributed by atoms with van der Waals surface area (Å²) in [5.74, 6) is 2.38. The van der Waals surface area contributed by atoms with Gasteiger partial charge in [-0.2, -0.15) is 5.10 Å². The molecule has 0 aliphatic rings. The van der Waals surface area contributed by atoms with E-state index in [1.807, 2.05) is 36.4 Å². The molecule has 0 aliphatic carbocycles. The summed E-state index contributed by atoms with van der Waals surface area (Å²) in [5.41, 5.74) is 2.82. The van der Waals surface area contributed by atoms with E-state index in [0.717, 1.165) is 5.56 Å². The number of anilines is 3. The number of rotatable bonds is 10. The number of nitrogens with one attached hydrogen (secondary N) is 3. The van der Waals surface area contributed by atoms with Gasteiger partial charge in [-0.25, -0.2) is 4.98 Å². The maximum absolute atomic E-state index is 12.5. The molecule has 192 valence electrons. The minimum absolute atomic E-state index is 0.127. The maximum atomic E-state index is 12.5. The van der Waals surface area contributed by atoms with Crippen molar-refractivity contribution in [2.24, 2.45) is 7.05 Å². The summed E-state index contributed by atoms with van der Waals surface area (Å²) in [7, 11) is 8.06. The molecule has 0 unspecified atom stereocenters. The molecule has 0 aliphatic heterocycles. The number of carbonyl (C=O) groups is 1. The SMILES string of the molecule is CNC(=O)c1nnc(NCc2ccc(OC)c(OC)c2)cc1Nc1cccc(-c2ncn(C)n2)c1OC. The summed E-state index contributed by atoms with van der Waals surface area (Å²) in [5, 5.41) is 21.8. The molecule has 2 aromatic heterocycles. The van der Waals surface area contributed by atoms with Crippen LogP contribution in [-0.2, 0) is 13.6 Å². The van der Waals surface area contributed by atoms with E-state index in [9.17, 15) is 4.79 Å². The lowest BCUT2D eigenvalue weighted by Gasteiger charge is -2.16. The number of aryl methyl sites for hydroxylation is 1. The number of methoxy groups -OCH3 is 3. The smallest absolute Gasteiger partial charge is 0.273 e. The van der Waals surface area contributed by atoms with Crippen molar-refractivity contribution < 1.29 is 19.0 Å². The Morgan fingerprint density at radius 2 is 1.78 bits per heavy atom. The molecule has 12 heteroatoms. The maximum Gasteiger partial charge on any atom is 0.273 e. The second-order valence-corrected chi connectivity index (χ2v) is 7.87. The molecule has 37 heavy (non-hydrogen) atoms. The van der Waals surface area contributed by atoms with E-state index in [-0.39, 0.29) is 11.6 Å². The Kier molecular flexibility index (Phi) is 7.67. The molecule has 2 aromatic carbocycles. The van der Waals surface area contributed by atoms with Crippen molar-refractivity contribution in [2.75, 3.05) is 39.0 Å². The van der Waals surface area contributed by atoms with Crippen LogP contribution in [0.3, 0.4) is 0 Å². The van der Waals surface area contributed by atoms with E-state index >= 15 is 0 Å². The van der Waals surface area contributed by atoms with Crippen LogP contribution in [0.1, 0.15) is 16.1 Å². The van der Waals surface area contributed by atoms with Gasteiger partial charge in [0, 0.05) is 26.7 Å². The first kappa shape index (κ1) is 25.2. The van der Waals surface area contributed by atoms with Crippen molar-refractivity contribution in [3.8, 4) is 28.6 Å². The Morgan fingerprint density at radius 3 is 2.46 bits per heavy atom. The molecule has 0 fully saturated rings. The monoisotopic (exact) mass is 504 g/mol. The second kappa shape index (κ2) is 11.2. The fraction of sp³-hybridized carbons (Fsp3) is 0.240. The Balaban J connectivity index is 1.64. The fourth-order valence-electron chi connectivity index (χ4n) is 3.68. The molecule has 0 saturated heterocycles. The lowest BCUT2D eigenvalue weighted by molar-refractivity contribution is 0.0958. The van der Waals surface area contributed by atoms with E-state index < -0.39 is 0 Å². The van der Waals surface area contributed by atoms with Gasteiger partial charge < -0.3 is 30.2 Å². The van der Waals surface area contributed by atoms with Crippen LogP contribution in [-0.4, -0.2) is 59.2 Å². The zero-order valence-corrected chi connectivity index (χ0v) is 21.2. The molecule has 2 heterocycles. The molecule has 3 N–H and O–H groups in total. The zero-order chi connectivity index (χ0) is 26.4. The van der Waals surface area contributed by atoms with Gasteiger partial charge in [0.15, 0.2) is 34.6 Å². The molecular formula is C25H28N8O4. The second-order valence-electron chi connectivity index (χ2n) is 7.87. The van der Waals surface area contributed by atoms with Gasteiger partial charge in [-0.05, 0) is 29.8 Å². The van der Waals surface area contributed by atoms with E-state index in [4.69, 9.17) is 14.2 Å². The molecule has 4 rings (SSSR count). The third kappa shape index (κ3) is 5.53. The first-order chi connectivity index (χ1) is 18.0. The number of amides is 1. The van der Waals surface area contributed by atoms with Gasteiger partial charge in [-0.1, -0.05) is 12.1 Å². The Hall–Kier alpha value is -4.87. The van der Waals surface area contributed by atoms with Gasteiger partial charge in [-0.3, -0.25) is 9.48 Å². The van der Waals surface area contributed by atoms with E-state index in [1.165, 1.54) is 7.05 Å². The number of hydrogen-bond acceptors (Lipinski definition) is 10. The van der Waals surface area contributed by atoms with Crippen LogP contribution in [0.25, 0.3) is 11.4 Å². The van der Waals surface area contributed by atoms with Crippen LogP contribution in [0.2, 0.25) is 0 Å². The topological polar surface area (TPSA) is 137 Å². The highest BCUT2D eigenvalue weighted by molar-refractivity contribution is 5.98. The van der Waals surface area contributed by atoms with Gasteiger partial charge in [0.05, 0.1) is 38.3 Å². The number of nitrogens with zero attached hydrogens (tertiary/aromatic N) is 5. The molecule has 0 spiro atoms. The lowest BCUT2D eigenvalue weighted by Crippen LogP contribution is -2.21. The molecule has 0 atom stereocenters. The fourth-order valence-corrected chi connectivity index (χ4v) is 3.68. The van der Waals surface area contributed by atoms with Crippen LogP contribution < -0.4 is 30.2 Å². The largest absolute Gasteiger partial charge is 0.494 e. The van der Waals surface area contributed by atoms with Crippen LogP contribution in [0.5, 0.6) is 17.2 Å². The predicted octanol–water partition coefficient (Wildman–Crippen LogP) is 3.01. The van der Waals surface area contributed by atoms with Crippen LogP contribution >= 0.6 is 0 Å². The Labute approximate surface area is 214 Å². The van der Waals surface area contributed by atoms with E-state index in [2.05, 4.69) is 36.2 Å². The quantitative estimate of drug-likeness (QED) is 0.295. The molecular weight excluding hydrogens is 476 g/mol. The molecule has 0 radical (unpaired) electrons. The van der Waals surface area contributed by atoms with Crippen molar-refractivity contribution in [1.82, 2.24) is 30.3 Å². The molecule has 4 aromatic rings. The molecule has 1 amide bonds. The third-order valence-corrected chi connectivity index (χ3v) is 5.49. The normalized spacial score (nSPS) is 10.5. The highest BCUT2D eigenvalue weighted by Crippen LogP contribution is 2.37. The van der Waals surface area contributed by atoms with E-state index in [1.54, 1.807) is 45.5 Å². The summed E-state index contributed by atoms with van der Waals surface area (Å²) >= 11 is 0. The average molecular weight is 505 g/mol. The number of para-hydroxylation sites is 1. The van der Waals surface area contributed by atoms with Crippen LogP contribution in [0.4, 0.5) is 17.2 Å². The number of carbonyl (C=O) groups excluding carboxylic acids is 1. The minimum Gasteiger partial charge on any atom is -0.494 e. The third-order valence-electron chi connectivity index (χ3n) is 5.49. The van der Waals surface area contributed by atoms with Crippen LogP contribution in [0, 0.1) is 0 Å². The summed E-state index contributed by atoms with van der Waals surface area (Å²) < 4.78 is 18.0. The van der Waals surface area contributed by atoms with Crippen molar-refractivity contribution in [1.29, 1.82) is 0 Å². The van der Waals surface area contributed by atoms with Gasteiger partial charge in [0.25, 0.3) is 5.91 Å². The van der Waals surface area contributed by atoms with Crippen LogP contribution in [0.15, 0.2) is 48.8 Å². The first-order valence-corrected chi connectivity index (χ1v) is 11.3. The lowest BCUT2D eigenvalue weighted by atomic mass is 10.1. The summed E-state index contributed by atoms with van der Waals surface area (Å²) in [6, 6.07) is 12.9. The molecule has 12 nitrogen and oxygen atoms in total. The number of benzene rings is 2. The van der Waals surface area contributed by atoms with Crippen molar-refractivity contribution in [3.63, 3.8) is 0 Å². The van der Waals surface area contributed by atoms with Gasteiger partial charge in [-0.15, -0.1) is 10.2 Å². The standard InChI is InChI=1S/C25H28N8O4/c1-26-25(34)22-18(29-17-8-6-7-16(23(17)37-5)24-28-14-33(2)32-24)12-21(30-31-22)27-13-15-9-10-19(35-3)20(11-15)36-4/h6-12,14H,13H2,1-5H3,(H,26,34)(H2,27,29,30). The predicted molar refractivity (Wildman–Crippen MR) is 139 cm³/mol. The molecule has 0 bridgehead atoms. The Morgan fingerprint density at radius 1 is 0.973 bits per heavy atom. The first-order valence-electron chi connectivity index (χ1n) is 11.3. The highest BCUT2D eigenvalue weighted by Gasteiger charge is 2.19. The van der Waals surface area contributed by atoms with Crippen molar-refractivity contribution in [2.45, 2.75) is 6.54 Å². The summed E-state index contributed by atoms with van der Waals surface area (Å²) in [6.07, 6.45) is 1.61. The van der Waals surface area contributed by atoms with E-state index in [0.29, 0.717) is 52.4 Å². The number of ether oxygens (including phenoxy) is 3. The summed E-state index contributed by atoms with van der Waals surface area (Å²) in [6.45, 7) is 0.442.